The molecular weight excluding hydrogens is 741 g/mol. The molecule has 0 N–H and O–H groups in total. The molecule has 1 radical (unpaired) electrons. The number of hydrogen-bond acceptors (Lipinski definition) is 3. The maximum Gasteiger partial charge on any atom is 0.121 e. The minimum absolute atomic E-state index is 0. The molecule has 0 aliphatic carbocycles. The Labute approximate surface area is 287 Å². The molecule has 0 fully saturated rings. The number of benzene rings is 5. The second kappa shape index (κ2) is 14.0. The first kappa shape index (κ1) is 27.4. The molecule has 0 saturated carbocycles. The van der Waals surface area contributed by atoms with Crippen LogP contribution in [0, 0.1) is 12.1 Å². The van der Waals surface area contributed by atoms with Crippen LogP contribution in [0.1, 0.15) is 40.5 Å². The van der Waals surface area contributed by atoms with E-state index >= 15 is 0 Å². The van der Waals surface area contributed by atoms with Gasteiger partial charge < -0.3 is 14.4 Å². The summed E-state index contributed by atoms with van der Waals surface area (Å²) in [6.45, 7) is 3.77. The third-order valence-electron chi connectivity index (χ3n) is 7.72. The van der Waals surface area contributed by atoms with Gasteiger partial charge in [0.2, 0.25) is 0 Å². The quantitative estimate of drug-likeness (QED) is 0.164. The van der Waals surface area contributed by atoms with Crippen molar-refractivity contribution >= 4 is 32.7 Å². The SMILES string of the molecule is [2H]C(C)(C)c1ccnc(-c2[c-]cc3oc4ccc5ccccc5c4c3c2)c1.[2H]C([2H])(c1c[c-]c(-c2ccccn2)cc1)c1ccccc1.[Ir]. The van der Waals surface area contributed by atoms with Gasteiger partial charge in [-0.05, 0) is 52.6 Å². The fourth-order valence-electron chi connectivity index (χ4n) is 5.40. The Balaban J connectivity index is 0.000000172. The number of furan rings is 1. The summed E-state index contributed by atoms with van der Waals surface area (Å²) in [7, 11) is 0. The van der Waals surface area contributed by atoms with Crippen LogP contribution in [0.25, 0.3) is 55.2 Å². The third-order valence-corrected chi connectivity index (χ3v) is 7.72. The largest absolute Gasteiger partial charge is 0.500 e. The van der Waals surface area contributed by atoms with E-state index in [-0.39, 0.29) is 20.1 Å². The summed E-state index contributed by atoms with van der Waals surface area (Å²) in [5.74, 6) is -0.666. The third kappa shape index (κ3) is 6.69. The van der Waals surface area contributed by atoms with E-state index in [2.05, 4.69) is 52.4 Å². The van der Waals surface area contributed by atoms with Crippen molar-refractivity contribution in [2.45, 2.75) is 26.1 Å². The molecule has 8 aromatic rings. The second-order valence-electron chi connectivity index (χ2n) is 11.0. The Morgan fingerprint density at radius 3 is 2.24 bits per heavy atom. The first-order valence-electron chi connectivity index (χ1n) is 16.4. The van der Waals surface area contributed by atoms with Crippen LogP contribution in [-0.2, 0) is 26.5 Å². The van der Waals surface area contributed by atoms with Crippen LogP contribution in [0.3, 0.4) is 0 Å². The van der Waals surface area contributed by atoms with Crippen LogP contribution in [0.2, 0.25) is 0 Å². The van der Waals surface area contributed by atoms with Gasteiger partial charge in [-0.2, -0.15) is 0 Å². The Hall–Kier alpha value is -4.89. The predicted octanol–water partition coefficient (Wildman–Crippen LogP) is 10.9. The van der Waals surface area contributed by atoms with E-state index in [1.54, 1.807) is 36.7 Å². The van der Waals surface area contributed by atoms with Crippen molar-refractivity contribution in [2.24, 2.45) is 0 Å². The van der Waals surface area contributed by atoms with Gasteiger partial charge in [0, 0.05) is 42.0 Å². The number of aromatic nitrogens is 2. The van der Waals surface area contributed by atoms with Crippen LogP contribution in [0.5, 0.6) is 0 Å². The average Bonchev–Trinajstić information content (AvgIpc) is 3.51. The predicted molar refractivity (Wildman–Crippen MR) is 185 cm³/mol. The summed E-state index contributed by atoms with van der Waals surface area (Å²) in [5, 5.41) is 4.56. The van der Waals surface area contributed by atoms with Gasteiger partial charge in [-0.1, -0.05) is 109 Å². The zero-order valence-corrected chi connectivity index (χ0v) is 27.8. The first-order valence-corrected chi connectivity index (χ1v) is 14.9. The fourth-order valence-corrected chi connectivity index (χ4v) is 5.40. The Kier molecular flexibility index (Phi) is 8.37. The van der Waals surface area contributed by atoms with Gasteiger partial charge in [0.15, 0.2) is 0 Å². The van der Waals surface area contributed by atoms with Crippen molar-refractivity contribution in [1.82, 2.24) is 9.97 Å². The molecule has 4 heteroatoms. The minimum Gasteiger partial charge on any atom is -0.500 e. The van der Waals surface area contributed by atoms with Gasteiger partial charge in [-0.15, -0.1) is 59.2 Å². The summed E-state index contributed by atoms with van der Waals surface area (Å²) in [4.78, 5) is 8.79. The average molecular weight is 776 g/mol. The maximum atomic E-state index is 8.31. The molecule has 3 heterocycles. The van der Waals surface area contributed by atoms with E-state index < -0.39 is 12.3 Å². The summed E-state index contributed by atoms with van der Waals surface area (Å²) < 4.78 is 31.0. The topological polar surface area (TPSA) is 38.9 Å². The molecule has 227 valence electrons. The van der Waals surface area contributed by atoms with E-state index in [9.17, 15) is 0 Å². The van der Waals surface area contributed by atoms with Gasteiger partial charge >= 0.3 is 0 Å². The standard InChI is InChI=1S/C24H18NO.C18H14N.Ir/c1-15(2)17-11-12-25-21(14-17)18-8-9-22-20(13-18)24-19-6-4-3-5-16(19)7-10-23(24)26-22;1-2-6-15(7-3-1)14-16-9-11-17(12-10-16)18-8-4-5-13-19-18;/h3-7,9-15H,1-2H3;1-11,13H,14H2;/q2*-1;/i15D;14D2;. The van der Waals surface area contributed by atoms with Crippen LogP contribution < -0.4 is 0 Å². The van der Waals surface area contributed by atoms with Gasteiger partial charge in [0.05, 0.1) is 5.58 Å². The molecule has 0 aliphatic heterocycles. The number of rotatable bonds is 5. The van der Waals surface area contributed by atoms with E-state index in [1.807, 2.05) is 86.6 Å². The van der Waals surface area contributed by atoms with Crippen LogP contribution in [0.15, 0.2) is 144 Å². The Bertz CT molecular complexity index is 2350. The van der Waals surface area contributed by atoms with Crippen molar-refractivity contribution in [3.63, 3.8) is 0 Å². The van der Waals surface area contributed by atoms with Crippen molar-refractivity contribution < 1.29 is 28.6 Å². The van der Waals surface area contributed by atoms with Crippen molar-refractivity contribution in [2.75, 3.05) is 0 Å². The molecule has 0 spiro atoms. The normalized spacial score (nSPS) is 12.4. The number of nitrogens with zero attached hydrogens (tertiary/aromatic N) is 2. The zero-order valence-electron chi connectivity index (χ0n) is 28.4. The number of fused-ring (bicyclic) bond motifs is 5. The van der Waals surface area contributed by atoms with Crippen LogP contribution >= 0.6 is 0 Å². The summed E-state index contributed by atoms with van der Waals surface area (Å²) in [5.41, 5.74) is 7.30. The van der Waals surface area contributed by atoms with Crippen molar-refractivity contribution in [1.29, 1.82) is 0 Å². The molecule has 3 nitrogen and oxygen atoms in total. The molecule has 0 bridgehead atoms. The van der Waals surface area contributed by atoms with E-state index in [0.717, 1.165) is 50.0 Å². The zero-order chi connectivity index (χ0) is 33.3. The number of pyridine rings is 2. The van der Waals surface area contributed by atoms with Gasteiger partial charge in [-0.3, -0.25) is 0 Å². The van der Waals surface area contributed by atoms with E-state index in [4.69, 9.17) is 8.53 Å². The maximum absolute atomic E-state index is 8.31. The van der Waals surface area contributed by atoms with Crippen molar-refractivity contribution in [3.8, 4) is 22.5 Å². The van der Waals surface area contributed by atoms with Crippen LogP contribution in [0.4, 0.5) is 0 Å². The fraction of sp³-hybridized carbons (Fsp3) is 0.0952. The smallest absolute Gasteiger partial charge is 0.121 e. The molecule has 3 aromatic heterocycles. The second-order valence-corrected chi connectivity index (χ2v) is 11.0. The van der Waals surface area contributed by atoms with E-state index in [1.165, 1.54) is 10.8 Å². The molecule has 0 amide bonds. The molecule has 46 heavy (non-hydrogen) atoms. The minimum atomic E-state index is -1.53. The summed E-state index contributed by atoms with van der Waals surface area (Å²) in [6, 6.07) is 47.0. The molecule has 0 saturated heterocycles. The Morgan fingerprint density at radius 1 is 0.674 bits per heavy atom. The summed E-state index contributed by atoms with van der Waals surface area (Å²) >= 11 is 0. The van der Waals surface area contributed by atoms with E-state index in [0.29, 0.717) is 11.1 Å². The molecule has 8 rings (SSSR count). The van der Waals surface area contributed by atoms with Crippen molar-refractivity contribution in [3.05, 3.63) is 169 Å². The molecular formula is C42H32IrN2O-2. The van der Waals surface area contributed by atoms with Crippen LogP contribution in [-0.4, -0.2) is 9.97 Å². The monoisotopic (exact) mass is 776 g/mol. The summed E-state index contributed by atoms with van der Waals surface area (Å²) in [6.07, 6.45) is 1.97. The van der Waals surface area contributed by atoms with Gasteiger partial charge in [-0.25, -0.2) is 0 Å². The molecule has 5 aromatic carbocycles. The number of hydrogen-bond donors (Lipinski definition) is 0. The molecule has 0 unspecified atom stereocenters. The van der Waals surface area contributed by atoms with Gasteiger partial charge in [0.1, 0.15) is 5.58 Å². The Morgan fingerprint density at radius 2 is 1.46 bits per heavy atom. The molecule has 0 aliphatic rings. The van der Waals surface area contributed by atoms with Gasteiger partial charge in [0.25, 0.3) is 0 Å². The first-order chi connectivity index (χ1) is 23.2. The molecule has 0 atom stereocenters.